The summed E-state index contributed by atoms with van der Waals surface area (Å²) in [7, 11) is 0. The Bertz CT molecular complexity index is 1330. The summed E-state index contributed by atoms with van der Waals surface area (Å²) in [5, 5.41) is 13.1. The number of nitrogens with zero attached hydrogens (tertiary/aromatic N) is 5. The van der Waals surface area contributed by atoms with Crippen molar-refractivity contribution in [1.82, 2.24) is 24.9 Å². The number of rotatable bonds is 6. The topological polar surface area (TPSA) is 131 Å². The first-order chi connectivity index (χ1) is 16.1. The Hall–Kier alpha value is -3.19. The smallest absolute Gasteiger partial charge is 0.277 e. The first-order valence-electron chi connectivity index (χ1n) is 10.5. The van der Waals surface area contributed by atoms with Gasteiger partial charge in [0.2, 0.25) is 10.9 Å². The molecule has 1 aliphatic heterocycles. The molecule has 5 rings (SSSR count). The molecule has 1 saturated heterocycles. The Morgan fingerprint density at radius 1 is 1.27 bits per heavy atom. The second-order valence-electron chi connectivity index (χ2n) is 7.65. The lowest BCUT2D eigenvalue weighted by Crippen LogP contribution is -2.44. The molecule has 10 nitrogen and oxygen atoms in total. The molecule has 1 aromatic carbocycles. The van der Waals surface area contributed by atoms with Gasteiger partial charge in [0.05, 0.1) is 17.2 Å². The average molecular weight is 483 g/mol. The lowest BCUT2D eigenvalue weighted by Gasteiger charge is -2.27. The van der Waals surface area contributed by atoms with Crippen LogP contribution in [-0.4, -0.2) is 57.7 Å². The van der Waals surface area contributed by atoms with Crippen molar-refractivity contribution in [3.8, 4) is 10.6 Å². The molecule has 0 bridgehead atoms. The van der Waals surface area contributed by atoms with E-state index in [0.717, 1.165) is 37.4 Å². The number of hydrogen-bond donors (Lipinski definition) is 3. The highest BCUT2D eigenvalue weighted by Crippen LogP contribution is 2.27. The third-order valence-corrected chi connectivity index (χ3v) is 6.89. The van der Waals surface area contributed by atoms with E-state index in [1.807, 2.05) is 23.6 Å². The van der Waals surface area contributed by atoms with Crippen molar-refractivity contribution in [2.24, 2.45) is 5.73 Å². The van der Waals surface area contributed by atoms with Crippen LogP contribution in [0.5, 0.6) is 0 Å². The van der Waals surface area contributed by atoms with Crippen LogP contribution >= 0.6 is 22.7 Å². The summed E-state index contributed by atoms with van der Waals surface area (Å²) in [5.41, 5.74) is 9.72. The lowest BCUT2D eigenvalue weighted by molar-refractivity contribution is -0.117. The second kappa shape index (κ2) is 9.35. The van der Waals surface area contributed by atoms with E-state index in [9.17, 15) is 9.59 Å². The molecule has 0 radical (unpaired) electrons. The van der Waals surface area contributed by atoms with Crippen LogP contribution in [0.4, 0.5) is 11.5 Å². The molecule has 1 atom stereocenters. The number of hydrogen-bond acceptors (Lipinski definition) is 10. The second-order valence-corrected chi connectivity index (χ2v) is 9.33. The minimum Gasteiger partial charge on any atom is -0.354 e. The van der Waals surface area contributed by atoms with Crippen LogP contribution < -0.4 is 26.8 Å². The van der Waals surface area contributed by atoms with Crippen LogP contribution in [-0.2, 0) is 11.2 Å². The zero-order valence-electron chi connectivity index (χ0n) is 17.6. The molecule has 170 valence electrons. The molecule has 0 aliphatic carbocycles. The molecule has 0 spiro atoms. The minimum absolute atomic E-state index is 0.214. The standard InChI is InChI=1S/C21H22N8O2S2/c22-16(9-15-11-32-12-24-15)19(31)25-14-3-1-2-13(8-14)20-27-29-18(30)10-17(26-21(29)33-20)28-6-4-23-5-7-28/h1-3,8,10-12,16,23H,4-7,9,22H2,(H,25,31)/t16-/m0/s1. The van der Waals surface area contributed by atoms with Gasteiger partial charge in [0.25, 0.3) is 5.56 Å². The molecule has 33 heavy (non-hydrogen) atoms. The van der Waals surface area contributed by atoms with E-state index in [2.05, 4.69) is 30.6 Å². The number of anilines is 2. The van der Waals surface area contributed by atoms with E-state index in [0.29, 0.717) is 27.9 Å². The van der Waals surface area contributed by atoms with E-state index in [4.69, 9.17) is 5.73 Å². The number of piperazine rings is 1. The zero-order chi connectivity index (χ0) is 22.8. The van der Waals surface area contributed by atoms with Crippen LogP contribution in [0.15, 0.2) is 46.0 Å². The monoisotopic (exact) mass is 482 g/mol. The Morgan fingerprint density at radius 2 is 2.12 bits per heavy atom. The fraction of sp³-hybridized carbons (Fsp3) is 0.286. The Kier molecular flexibility index (Phi) is 6.13. The molecule has 1 aliphatic rings. The van der Waals surface area contributed by atoms with E-state index in [1.165, 1.54) is 33.3 Å². The Morgan fingerprint density at radius 3 is 2.91 bits per heavy atom. The SMILES string of the molecule is N[C@@H](Cc1cscn1)C(=O)Nc1cccc(-c2nn3c(=O)cc(N4CCNCC4)nc3s2)c1. The summed E-state index contributed by atoms with van der Waals surface area (Å²) in [6, 6.07) is 8.13. The molecule has 4 heterocycles. The zero-order valence-corrected chi connectivity index (χ0v) is 19.2. The fourth-order valence-electron chi connectivity index (χ4n) is 3.59. The van der Waals surface area contributed by atoms with Crippen molar-refractivity contribution in [3.63, 3.8) is 0 Å². The van der Waals surface area contributed by atoms with Crippen LogP contribution in [0.1, 0.15) is 5.69 Å². The third kappa shape index (κ3) is 4.78. The van der Waals surface area contributed by atoms with Gasteiger partial charge in [-0.2, -0.15) is 9.61 Å². The lowest BCUT2D eigenvalue weighted by atomic mass is 10.1. The van der Waals surface area contributed by atoms with Crippen LogP contribution in [0.25, 0.3) is 15.5 Å². The number of thiazole rings is 1. The predicted octanol–water partition coefficient (Wildman–Crippen LogP) is 1.19. The van der Waals surface area contributed by atoms with Crippen molar-refractivity contribution in [2.75, 3.05) is 36.4 Å². The highest BCUT2D eigenvalue weighted by Gasteiger charge is 2.18. The van der Waals surface area contributed by atoms with Gasteiger partial charge in [0.1, 0.15) is 10.8 Å². The summed E-state index contributed by atoms with van der Waals surface area (Å²) in [4.78, 5) is 36.6. The largest absolute Gasteiger partial charge is 0.354 e. The maximum absolute atomic E-state index is 12.7. The quantitative estimate of drug-likeness (QED) is 0.374. The van der Waals surface area contributed by atoms with Crippen molar-refractivity contribution in [1.29, 1.82) is 0 Å². The average Bonchev–Trinajstić information content (AvgIpc) is 3.50. The van der Waals surface area contributed by atoms with Gasteiger partial charge in [-0.15, -0.1) is 11.3 Å². The van der Waals surface area contributed by atoms with Crippen molar-refractivity contribution < 1.29 is 4.79 Å². The number of carbonyl (C=O) groups excluding carboxylic acids is 1. The summed E-state index contributed by atoms with van der Waals surface area (Å²) < 4.78 is 1.32. The summed E-state index contributed by atoms with van der Waals surface area (Å²) in [6.07, 6.45) is 0.372. The molecular weight excluding hydrogens is 460 g/mol. The van der Waals surface area contributed by atoms with Crippen LogP contribution in [0.3, 0.4) is 0 Å². The van der Waals surface area contributed by atoms with E-state index in [-0.39, 0.29) is 11.5 Å². The molecular formula is C21H22N8O2S2. The molecule has 3 aromatic heterocycles. The third-order valence-electron chi connectivity index (χ3n) is 5.30. The van der Waals surface area contributed by atoms with Gasteiger partial charge in [-0.3, -0.25) is 9.59 Å². The van der Waals surface area contributed by atoms with E-state index in [1.54, 1.807) is 11.6 Å². The summed E-state index contributed by atoms with van der Waals surface area (Å²) >= 11 is 2.80. The molecule has 1 fully saturated rings. The number of benzene rings is 1. The van der Waals surface area contributed by atoms with Gasteiger partial charge < -0.3 is 21.3 Å². The van der Waals surface area contributed by atoms with Gasteiger partial charge in [-0.25, -0.2) is 9.97 Å². The van der Waals surface area contributed by atoms with E-state index < -0.39 is 6.04 Å². The van der Waals surface area contributed by atoms with Gasteiger partial charge in [0, 0.05) is 55.3 Å². The Balaban J connectivity index is 1.36. The first-order valence-corrected chi connectivity index (χ1v) is 12.2. The van der Waals surface area contributed by atoms with Crippen LogP contribution in [0.2, 0.25) is 0 Å². The summed E-state index contributed by atoms with van der Waals surface area (Å²) in [5.74, 6) is 0.384. The Labute approximate surface area is 197 Å². The maximum atomic E-state index is 12.7. The number of amides is 1. The van der Waals surface area contributed by atoms with Gasteiger partial charge in [0.15, 0.2) is 0 Å². The predicted molar refractivity (Wildman–Crippen MR) is 130 cm³/mol. The normalized spacial score (nSPS) is 15.0. The molecule has 12 heteroatoms. The van der Waals surface area contributed by atoms with Gasteiger partial charge >= 0.3 is 0 Å². The number of carbonyl (C=O) groups is 1. The first kappa shape index (κ1) is 21.6. The van der Waals surface area contributed by atoms with Crippen molar-refractivity contribution in [2.45, 2.75) is 12.5 Å². The van der Waals surface area contributed by atoms with Gasteiger partial charge in [-0.05, 0) is 12.1 Å². The van der Waals surface area contributed by atoms with E-state index >= 15 is 0 Å². The number of aromatic nitrogens is 4. The molecule has 1 amide bonds. The fourth-order valence-corrected chi connectivity index (χ4v) is 5.06. The number of nitrogens with one attached hydrogen (secondary N) is 2. The van der Waals surface area contributed by atoms with Crippen molar-refractivity contribution in [3.05, 3.63) is 57.3 Å². The van der Waals surface area contributed by atoms with Crippen molar-refractivity contribution >= 4 is 45.0 Å². The molecule has 4 aromatic rings. The van der Waals surface area contributed by atoms with Gasteiger partial charge in [-0.1, -0.05) is 23.5 Å². The van der Waals surface area contributed by atoms with Crippen LogP contribution in [0, 0.1) is 0 Å². The maximum Gasteiger partial charge on any atom is 0.277 e. The highest BCUT2D eigenvalue weighted by molar-refractivity contribution is 7.19. The summed E-state index contributed by atoms with van der Waals surface area (Å²) in [6.45, 7) is 3.34. The molecule has 4 N–H and O–H groups in total. The highest BCUT2D eigenvalue weighted by atomic mass is 32.1. The molecule has 0 saturated carbocycles. The number of fused-ring (bicyclic) bond motifs is 1. The number of nitrogens with two attached hydrogens (primary N) is 1. The minimum atomic E-state index is -0.704. The molecule has 0 unspecified atom stereocenters.